The normalized spacial score (nSPS) is 10.4. The van der Waals surface area contributed by atoms with Gasteiger partial charge in [0.15, 0.2) is 18.3 Å². The van der Waals surface area contributed by atoms with Crippen LogP contribution < -0.4 is 9.47 Å². The second kappa shape index (κ2) is 8.31. The molecule has 1 N–H and O–H groups in total. The van der Waals surface area contributed by atoms with Crippen LogP contribution in [0.15, 0.2) is 16.6 Å². The van der Waals surface area contributed by atoms with Crippen LogP contribution in [0.5, 0.6) is 11.5 Å². The molecule has 0 aromatic heterocycles. The van der Waals surface area contributed by atoms with E-state index in [-0.39, 0.29) is 13.4 Å². The highest BCUT2D eigenvalue weighted by molar-refractivity contribution is 9.10. The van der Waals surface area contributed by atoms with Gasteiger partial charge in [-0.05, 0) is 27.6 Å². The van der Waals surface area contributed by atoms with E-state index >= 15 is 0 Å². The first kappa shape index (κ1) is 15.2. The molecule has 6 heteroatoms. The molecule has 0 saturated carbocycles. The van der Waals surface area contributed by atoms with Crippen LogP contribution >= 0.6 is 15.9 Å². The van der Waals surface area contributed by atoms with Gasteiger partial charge in [0.25, 0.3) is 0 Å². The van der Waals surface area contributed by atoms with Crippen molar-refractivity contribution in [3.8, 4) is 11.5 Å². The summed E-state index contributed by atoms with van der Waals surface area (Å²) < 4.78 is 21.4. The molecule has 102 valence electrons. The van der Waals surface area contributed by atoms with Crippen molar-refractivity contribution in [2.24, 2.45) is 0 Å². The Kier molecular flexibility index (Phi) is 7.04. The molecule has 0 bridgehead atoms. The quantitative estimate of drug-likeness (QED) is 0.586. The highest BCUT2D eigenvalue weighted by Crippen LogP contribution is 2.37. The first-order chi connectivity index (χ1) is 8.74. The zero-order chi connectivity index (χ0) is 13.4. The molecule has 0 aliphatic heterocycles. The molecule has 0 amide bonds. The van der Waals surface area contributed by atoms with Gasteiger partial charge in [-0.1, -0.05) is 6.07 Å². The molecule has 18 heavy (non-hydrogen) atoms. The number of aliphatic hydroxyl groups is 1. The van der Waals surface area contributed by atoms with E-state index in [1.807, 2.05) is 0 Å². The van der Waals surface area contributed by atoms with Gasteiger partial charge in [-0.25, -0.2) is 0 Å². The van der Waals surface area contributed by atoms with Gasteiger partial charge in [0.2, 0.25) is 0 Å². The monoisotopic (exact) mass is 320 g/mol. The van der Waals surface area contributed by atoms with Crippen molar-refractivity contribution < 1.29 is 24.1 Å². The van der Waals surface area contributed by atoms with Gasteiger partial charge in [-0.3, -0.25) is 0 Å². The molecule has 1 aromatic rings. The fourth-order valence-electron chi connectivity index (χ4n) is 1.31. The lowest BCUT2D eigenvalue weighted by molar-refractivity contribution is -0.00950. The van der Waals surface area contributed by atoms with Crippen LogP contribution in [0.2, 0.25) is 0 Å². The number of hydrogen-bond donors (Lipinski definition) is 1. The largest absolute Gasteiger partial charge is 0.492 e. The number of hydrogen-bond acceptors (Lipinski definition) is 5. The Hall–Kier alpha value is -0.820. The van der Waals surface area contributed by atoms with E-state index in [1.165, 1.54) is 0 Å². The predicted octanol–water partition coefficient (Wildman–Crippen LogP) is 1.95. The third kappa shape index (κ3) is 4.13. The maximum atomic E-state index is 9.14. The Morgan fingerprint density at radius 2 is 2.00 bits per heavy atom. The topological polar surface area (TPSA) is 57.2 Å². The summed E-state index contributed by atoms with van der Waals surface area (Å²) in [7, 11) is 3.15. The minimum atomic E-state index is -0.0679. The predicted molar refractivity (Wildman–Crippen MR) is 69.9 cm³/mol. The number of rotatable bonds is 8. The zero-order valence-electron chi connectivity index (χ0n) is 10.4. The molecule has 0 heterocycles. The molecule has 1 aromatic carbocycles. The van der Waals surface area contributed by atoms with Gasteiger partial charge in [-0.2, -0.15) is 0 Å². The highest BCUT2D eigenvalue weighted by Gasteiger charge is 2.12. The first-order valence-electron chi connectivity index (χ1n) is 5.40. The van der Waals surface area contributed by atoms with E-state index in [4.69, 9.17) is 24.1 Å². The van der Waals surface area contributed by atoms with Gasteiger partial charge in [-0.15, -0.1) is 0 Å². The molecule has 0 saturated heterocycles. The van der Waals surface area contributed by atoms with E-state index < -0.39 is 0 Å². The van der Waals surface area contributed by atoms with Crippen LogP contribution in [-0.2, 0) is 16.1 Å². The van der Waals surface area contributed by atoms with E-state index in [9.17, 15) is 0 Å². The Morgan fingerprint density at radius 1 is 1.22 bits per heavy atom. The Balaban J connectivity index is 2.62. The standard InChI is InChI=1S/C12H17BrO5/c1-15-5-6-17-8-18-10-4-3-9(7-14)11(13)12(10)16-2/h3-4,14H,5-8H2,1-2H3. The minimum absolute atomic E-state index is 0.0679. The van der Waals surface area contributed by atoms with Crippen molar-refractivity contribution in [2.75, 3.05) is 34.2 Å². The number of ether oxygens (including phenoxy) is 4. The van der Waals surface area contributed by atoms with Crippen molar-refractivity contribution >= 4 is 15.9 Å². The molecular weight excluding hydrogens is 304 g/mol. The molecule has 0 atom stereocenters. The van der Waals surface area contributed by atoms with Crippen LogP contribution in [0.25, 0.3) is 0 Å². The van der Waals surface area contributed by atoms with Crippen LogP contribution in [0.1, 0.15) is 5.56 Å². The third-order valence-corrected chi connectivity index (χ3v) is 3.11. The number of benzene rings is 1. The number of methoxy groups -OCH3 is 2. The van der Waals surface area contributed by atoms with E-state index in [0.29, 0.717) is 29.2 Å². The molecule has 0 fully saturated rings. The van der Waals surface area contributed by atoms with Crippen molar-refractivity contribution in [2.45, 2.75) is 6.61 Å². The lowest BCUT2D eigenvalue weighted by atomic mass is 10.2. The summed E-state index contributed by atoms with van der Waals surface area (Å²) >= 11 is 3.36. The van der Waals surface area contributed by atoms with Crippen molar-refractivity contribution in [3.05, 3.63) is 22.2 Å². The van der Waals surface area contributed by atoms with Gasteiger partial charge in [0.05, 0.1) is 31.4 Å². The lowest BCUT2D eigenvalue weighted by Gasteiger charge is -2.14. The van der Waals surface area contributed by atoms with Crippen LogP contribution in [0, 0.1) is 0 Å². The van der Waals surface area contributed by atoms with Gasteiger partial charge < -0.3 is 24.1 Å². The first-order valence-corrected chi connectivity index (χ1v) is 6.19. The Morgan fingerprint density at radius 3 is 2.61 bits per heavy atom. The van der Waals surface area contributed by atoms with Gasteiger partial charge in [0, 0.05) is 7.11 Å². The maximum Gasteiger partial charge on any atom is 0.189 e. The third-order valence-electron chi connectivity index (χ3n) is 2.24. The van der Waals surface area contributed by atoms with Crippen molar-refractivity contribution in [1.29, 1.82) is 0 Å². The molecular formula is C12H17BrO5. The van der Waals surface area contributed by atoms with Gasteiger partial charge in [0.1, 0.15) is 0 Å². The molecule has 0 aliphatic carbocycles. The average molecular weight is 321 g/mol. The Labute approximate surface area is 115 Å². The molecule has 0 aliphatic rings. The number of aliphatic hydroxyl groups excluding tert-OH is 1. The lowest BCUT2D eigenvalue weighted by Crippen LogP contribution is -2.08. The number of halogens is 1. The van der Waals surface area contributed by atoms with Crippen molar-refractivity contribution in [3.63, 3.8) is 0 Å². The van der Waals surface area contributed by atoms with Crippen LogP contribution in [0.4, 0.5) is 0 Å². The fraction of sp³-hybridized carbons (Fsp3) is 0.500. The molecule has 1 rings (SSSR count). The SMILES string of the molecule is COCCOCOc1ccc(CO)c(Br)c1OC. The average Bonchev–Trinajstić information content (AvgIpc) is 2.39. The smallest absolute Gasteiger partial charge is 0.189 e. The van der Waals surface area contributed by atoms with E-state index in [1.54, 1.807) is 26.4 Å². The summed E-state index contributed by atoms with van der Waals surface area (Å²) in [5, 5.41) is 9.14. The zero-order valence-corrected chi connectivity index (χ0v) is 12.0. The summed E-state index contributed by atoms with van der Waals surface area (Å²) in [5.41, 5.74) is 0.736. The molecule has 0 radical (unpaired) electrons. The fourth-order valence-corrected chi connectivity index (χ4v) is 1.93. The molecule has 0 spiro atoms. The second-order valence-electron chi connectivity index (χ2n) is 3.39. The van der Waals surface area contributed by atoms with Crippen LogP contribution in [0.3, 0.4) is 0 Å². The van der Waals surface area contributed by atoms with Crippen LogP contribution in [-0.4, -0.2) is 39.3 Å². The maximum absolute atomic E-state index is 9.14. The molecule has 5 nitrogen and oxygen atoms in total. The highest BCUT2D eigenvalue weighted by atomic mass is 79.9. The second-order valence-corrected chi connectivity index (χ2v) is 4.18. The minimum Gasteiger partial charge on any atom is -0.492 e. The molecule has 0 unspecified atom stereocenters. The summed E-state index contributed by atoms with van der Waals surface area (Å²) in [6, 6.07) is 3.49. The Bertz CT molecular complexity index is 370. The summed E-state index contributed by atoms with van der Waals surface area (Å²) in [4.78, 5) is 0. The van der Waals surface area contributed by atoms with E-state index in [0.717, 1.165) is 5.56 Å². The summed E-state index contributed by atoms with van der Waals surface area (Å²) in [6.07, 6.45) is 0. The van der Waals surface area contributed by atoms with E-state index in [2.05, 4.69) is 15.9 Å². The van der Waals surface area contributed by atoms with Crippen molar-refractivity contribution in [1.82, 2.24) is 0 Å². The summed E-state index contributed by atoms with van der Waals surface area (Å²) in [5.74, 6) is 1.09. The summed E-state index contributed by atoms with van der Waals surface area (Å²) in [6.45, 7) is 1.04. The van der Waals surface area contributed by atoms with Gasteiger partial charge >= 0.3 is 0 Å².